The highest BCUT2D eigenvalue weighted by molar-refractivity contribution is 6.78. The molecule has 0 saturated heterocycles. The maximum absolute atomic E-state index is 12.8. The third-order valence-electron chi connectivity index (χ3n) is 4.95. The summed E-state index contributed by atoms with van der Waals surface area (Å²) in [7, 11) is -2.06. The number of rotatable bonds is 8. The van der Waals surface area contributed by atoms with Crippen molar-refractivity contribution in [2.45, 2.75) is 50.1 Å². The second-order valence-electron chi connectivity index (χ2n) is 7.42. The summed E-state index contributed by atoms with van der Waals surface area (Å²) in [4.78, 5) is 0. The topological polar surface area (TPSA) is 52.0 Å². The quantitative estimate of drug-likeness (QED) is 0.458. The summed E-state index contributed by atoms with van der Waals surface area (Å²) in [6.45, 7) is 2.09. The molecule has 0 fully saturated rings. The van der Waals surface area contributed by atoms with Gasteiger partial charge in [-0.1, -0.05) is 42.9 Å². The van der Waals surface area contributed by atoms with Crippen LogP contribution in [0.3, 0.4) is 0 Å². The number of hydrogen-bond acceptors (Lipinski definition) is 2. The van der Waals surface area contributed by atoms with Crippen LogP contribution in [0.4, 0.5) is 24.5 Å². The molecular formula is C20H27F3N2Si. The van der Waals surface area contributed by atoms with Gasteiger partial charge in [-0.05, 0) is 54.3 Å². The summed E-state index contributed by atoms with van der Waals surface area (Å²) in [5, 5.41) is 0. The van der Waals surface area contributed by atoms with Crippen LogP contribution in [0.15, 0.2) is 48.5 Å². The Hall–Kier alpha value is -1.95. The van der Waals surface area contributed by atoms with Gasteiger partial charge in [-0.2, -0.15) is 13.2 Å². The van der Waals surface area contributed by atoms with E-state index in [0.717, 1.165) is 36.1 Å². The van der Waals surface area contributed by atoms with Crippen molar-refractivity contribution in [2.24, 2.45) is 0 Å². The Balaban J connectivity index is 2.04. The minimum Gasteiger partial charge on any atom is -0.399 e. The molecule has 0 amide bonds. The van der Waals surface area contributed by atoms with E-state index < -0.39 is 20.7 Å². The Morgan fingerprint density at radius 2 is 1.27 bits per heavy atom. The number of hydrogen-bond donors (Lipinski definition) is 2. The SMILES string of the molecule is C[Si](CCc1cccc(N)c1)(CCc1cccc(N)c1)CCC(F)(F)F. The van der Waals surface area contributed by atoms with Crippen LogP contribution >= 0.6 is 0 Å². The van der Waals surface area contributed by atoms with E-state index in [0.29, 0.717) is 11.4 Å². The number of aryl methyl sites for hydroxylation is 2. The van der Waals surface area contributed by atoms with E-state index in [2.05, 4.69) is 6.55 Å². The van der Waals surface area contributed by atoms with E-state index in [1.165, 1.54) is 0 Å². The maximum atomic E-state index is 12.8. The van der Waals surface area contributed by atoms with Crippen LogP contribution in [0.2, 0.25) is 24.7 Å². The number of nitrogen functional groups attached to an aromatic ring is 2. The predicted molar refractivity (Wildman–Crippen MR) is 106 cm³/mol. The van der Waals surface area contributed by atoms with Crippen molar-refractivity contribution in [3.8, 4) is 0 Å². The number of anilines is 2. The largest absolute Gasteiger partial charge is 0.399 e. The monoisotopic (exact) mass is 380 g/mol. The fraction of sp³-hybridized carbons (Fsp3) is 0.400. The molecule has 0 aliphatic rings. The minimum absolute atomic E-state index is 0.265. The molecule has 2 aromatic carbocycles. The normalized spacial score (nSPS) is 12.3. The summed E-state index contributed by atoms with van der Waals surface area (Å²) >= 11 is 0. The average molecular weight is 381 g/mol. The maximum Gasteiger partial charge on any atom is 0.388 e. The molecule has 0 bridgehead atoms. The molecule has 2 aromatic rings. The highest BCUT2D eigenvalue weighted by Gasteiger charge is 2.34. The first-order valence-corrected chi connectivity index (χ1v) is 12.0. The van der Waals surface area contributed by atoms with Crippen LogP contribution < -0.4 is 11.5 Å². The van der Waals surface area contributed by atoms with E-state index in [4.69, 9.17) is 11.5 Å². The van der Waals surface area contributed by atoms with E-state index in [9.17, 15) is 13.2 Å². The fourth-order valence-corrected chi connectivity index (χ4v) is 6.63. The lowest BCUT2D eigenvalue weighted by Crippen LogP contribution is -2.33. The van der Waals surface area contributed by atoms with Gasteiger partial charge in [0, 0.05) is 17.8 Å². The summed E-state index contributed by atoms with van der Waals surface area (Å²) in [6, 6.07) is 17.2. The van der Waals surface area contributed by atoms with Crippen molar-refractivity contribution in [3.05, 3.63) is 59.7 Å². The Morgan fingerprint density at radius 3 is 1.65 bits per heavy atom. The molecule has 0 aliphatic carbocycles. The van der Waals surface area contributed by atoms with Crippen LogP contribution in [-0.4, -0.2) is 14.3 Å². The number of benzene rings is 2. The molecule has 0 atom stereocenters. The first kappa shape index (κ1) is 20.4. The van der Waals surface area contributed by atoms with Crippen LogP contribution in [0, 0.1) is 0 Å². The van der Waals surface area contributed by atoms with Crippen molar-refractivity contribution in [1.82, 2.24) is 0 Å². The lowest BCUT2D eigenvalue weighted by atomic mass is 10.1. The Morgan fingerprint density at radius 1 is 0.808 bits per heavy atom. The first-order valence-electron chi connectivity index (χ1n) is 8.91. The molecular weight excluding hydrogens is 353 g/mol. The van der Waals surface area contributed by atoms with Gasteiger partial charge < -0.3 is 11.5 Å². The van der Waals surface area contributed by atoms with E-state index >= 15 is 0 Å². The number of nitrogens with two attached hydrogens (primary N) is 2. The molecule has 0 heterocycles. The standard InChI is InChI=1S/C20H27F3N2Si/c1-26(13-10-20(21,22)23,11-8-16-4-2-6-18(24)14-16)12-9-17-5-3-7-19(25)15-17/h2-7,14-15H,8-13,24-25H2,1H3. The molecule has 6 heteroatoms. The molecule has 0 unspecified atom stereocenters. The second kappa shape index (κ2) is 8.62. The lowest BCUT2D eigenvalue weighted by Gasteiger charge is -2.28. The zero-order valence-electron chi connectivity index (χ0n) is 15.2. The average Bonchev–Trinajstić information content (AvgIpc) is 2.56. The van der Waals surface area contributed by atoms with Gasteiger partial charge in [0.2, 0.25) is 0 Å². The molecule has 0 spiro atoms. The van der Waals surface area contributed by atoms with Crippen molar-refractivity contribution >= 4 is 19.4 Å². The first-order chi connectivity index (χ1) is 12.2. The van der Waals surface area contributed by atoms with Gasteiger partial charge in [0.05, 0.1) is 8.07 Å². The molecule has 2 nitrogen and oxygen atoms in total. The summed E-state index contributed by atoms with van der Waals surface area (Å²) in [5.74, 6) is 0. The van der Waals surface area contributed by atoms with Gasteiger partial charge in [0.25, 0.3) is 0 Å². The molecule has 4 N–H and O–H groups in total. The van der Waals surface area contributed by atoms with Crippen LogP contribution in [0.5, 0.6) is 0 Å². The highest BCUT2D eigenvalue weighted by Crippen LogP contribution is 2.32. The van der Waals surface area contributed by atoms with Crippen LogP contribution in [0.1, 0.15) is 17.5 Å². The molecule has 2 rings (SSSR count). The molecule has 142 valence electrons. The van der Waals surface area contributed by atoms with Crippen molar-refractivity contribution in [2.75, 3.05) is 11.5 Å². The van der Waals surface area contributed by atoms with Gasteiger partial charge in [-0.15, -0.1) is 0 Å². The summed E-state index contributed by atoms with van der Waals surface area (Å²) in [5.41, 5.74) is 15.2. The zero-order valence-corrected chi connectivity index (χ0v) is 16.2. The summed E-state index contributed by atoms with van der Waals surface area (Å²) in [6.07, 6.45) is -3.22. The van der Waals surface area contributed by atoms with Gasteiger partial charge in [-0.3, -0.25) is 0 Å². The lowest BCUT2D eigenvalue weighted by molar-refractivity contribution is -0.130. The highest BCUT2D eigenvalue weighted by atomic mass is 28.3. The molecule has 0 radical (unpaired) electrons. The van der Waals surface area contributed by atoms with Gasteiger partial charge >= 0.3 is 6.18 Å². The fourth-order valence-electron chi connectivity index (χ4n) is 3.21. The molecule has 0 saturated carbocycles. The van der Waals surface area contributed by atoms with E-state index in [1.807, 2.05) is 48.5 Å². The van der Waals surface area contributed by atoms with Crippen molar-refractivity contribution in [3.63, 3.8) is 0 Å². The molecule has 0 aliphatic heterocycles. The predicted octanol–water partition coefficient (Wildman–Crippen LogP) is 5.67. The Kier molecular flexibility index (Phi) is 6.75. The van der Waals surface area contributed by atoms with Crippen molar-refractivity contribution < 1.29 is 13.2 Å². The minimum atomic E-state index is -4.09. The molecule has 0 aromatic heterocycles. The third kappa shape index (κ3) is 7.12. The Bertz CT molecular complexity index is 667. The zero-order chi connectivity index (χ0) is 19.2. The number of halogens is 3. The summed E-state index contributed by atoms with van der Waals surface area (Å²) < 4.78 is 38.4. The smallest absolute Gasteiger partial charge is 0.388 e. The van der Waals surface area contributed by atoms with Crippen molar-refractivity contribution in [1.29, 1.82) is 0 Å². The van der Waals surface area contributed by atoms with E-state index in [-0.39, 0.29) is 6.04 Å². The second-order valence-corrected chi connectivity index (χ2v) is 12.5. The van der Waals surface area contributed by atoms with Gasteiger partial charge in [0.15, 0.2) is 0 Å². The Labute approximate surface area is 154 Å². The van der Waals surface area contributed by atoms with E-state index in [1.54, 1.807) is 0 Å². The number of alkyl halides is 3. The molecule has 26 heavy (non-hydrogen) atoms. The third-order valence-corrected chi connectivity index (χ3v) is 9.32. The van der Waals surface area contributed by atoms with Crippen LogP contribution in [0.25, 0.3) is 0 Å². The van der Waals surface area contributed by atoms with Gasteiger partial charge in [-0.25, -0.2) is 0 Å². The van der Waals surface area contributed by atoms with Gasteiger partial charge in [0.1, 0.15) is 0 Å². The van der Waals surface area contributed by atoms with Crippen LogP contribution in [-0.2, 0) is 12.8 Å².